The average molecular weight is 298 g/mol. The summed E-state index contributed by atoms with van der Waals surface area (Å²) in [4.78, 5) is 0. The van der Waals surface area contributed by atoms with E-state index in [9.17, 15) is 0 Å². The number of aromatic nitrogens is 1. The molecule has 14 heavy (non-hydrogen) atoms. The van der Waals surface area contributed by atoms with Crippen LogP contribution in [-0.4, -0.2) is 4.57 Å². The molecule has 1 aromatic carbocycles. The van der Waals surface area contributed by atoms with Gasteiger partial charge in [0.15, 0.2) is 0 Å². The van der Waals surface area contributed by atoms with Crippen molar-refractivity contribution in [1.82, 2.24) is 4.57 Å². The van der Waals surface area contributed by atoms with E-state index in [4.69, 9.17) is 5.73 Å². The van der Waals surface area contributed by atoms with Crippen LogP contribution in [0.15, 0.2) is 24.3 Å². The second-order valence-corrected chi connectivity index (χ2v) is 4.95. The number of benzene rings is 1. The Bertz CT molecular complexity index is 497. The van der Waals surface area contributed by atoms with Gasteiger partial charge in [-0.15, -0.1) is 0 Å². The fourth-order valence-electron chi connectivity index (χ4n) is 1.95. The van der Waals surface area contributed by atoms with Crippen molar-refractivity contribution in [3.8, 4) is 0 Å². The molecular formula is C11H11IN2. The average Bonchev–Trinajstić information content (AvgIpc) is 2.91. The van der Waals surface area contributed by atoms with Crippen LogP contribution in [0.5, 0.6) is 0 Å². The lowest BCUT2D eigenvalue weighted by atomic mass is 10.2. The Morgan fingerprint density at radius 1 is 1.36 bits per heavy atom. The van der Waals surface area contributed by atoms with Crippen LogP contribution in [0.1, 0.15) is 18.9 Å². The summed E-state index contributed by atoms with van der Waals surface area (Å²) in [5.74, 6) is 0. The van der Waals surface area contributed by atoms with Crippen molar-refractivity contribution in [3.63, 3.8) is 0 Å². The Morgan fingerprint density at radius 3 is 2.86 bits per heavy atom. The Balaban J connectivity index is 2.37. The van der Waals surface area contributed by atoms with Crippen molar-refractivity contribution >= 4 is 39.2 Å². The molecule has 3 heteroatoms. The Labute approximate surface area is 96.2 Å². The van der Waals surface area contributed by atoms with Crippen molar-refractivity contribution < 1.29 is 0 Å². The molecule has 0 saturated heterocycles. The van der Waals surface area contributed by atoms with Gasteiger partial charge in [0.2, 0.25) is 0 Å². The van der Waals surface area contributed by atoms with Crippen LogP contribution in [0.4, 0.5) is 5.69 Å². The molecule has 1 aromatic heterocycles. The van der Waals surface area contributed by atoms with E-state index in [1.165, 1.54) is 27.4 Å². The highest BCUT2D eigenvalue weighted by Gasteiger charge is 2.26. The summed E-state index contributed by atoms with van der Waals surface area (Å²) in [5, 5.41) is 1.20. The maximum absolute atomic E-state index is 5.94. The molecule has 1 saturated carbocycles. The van der Waals surface area contributed by atoms with Crippen LogP contribution >= 0.6 is 22.6 Å². The number of nitrogens with zero attached hydrogens (tertiary/aromatic N) is 1. The molecule has 72 valence electrons. The highest BCUT2D eigenvalue weighted by molar-refractivity contribution is 14.1. The number of fused-ring (bicyclic) bond motifs is 1. The largest absolute Gasteiger partial charge is 0.398 e. The van der Waals surface area contributed by atoms with Gasteiger partial charge in [0.05, 0.1) is 9.22 Å². The van der Waals surface area contributed by atoms with Gasteiger partial charge < -0.3 is 10.3 Å². The van der Waals surface area contributed by atoms with E-state index in [0.717, 1.165) is 11.7 Å². The fraction of sp³-hybridized carbons (Fsp3) is 0.273. The predicted octanol–water partition coefficient (Wildman–Crippen LogP) is 3.16. The van der Waals surface area contributed by atoms with Gasteiger partial charge in [-0.2, -0.15) is 0 Å². The zero-order chi connectivity index (χ0) is 9.71. The second kappa shape index (κ2) is 2.89. The molecule has 2 aromatic rings. The van der Waals surface area contributed by atoms with Crippen molar-refractivity contribution in [3.05, 3.63) is 28.0 Å². The molecule has 0 amide bonds. The van der Waals surface area contributed by atoms with E-state index in [1.54, 1.807) is 0 Å². The highest BCUT2D eigenvalue weighted by Crippen LogP contribution is 2.40. The lowest BCUT2D eigenvalue weighted by molar-refractivity contribution is 0.756. The molecule has 3 rings (SSSR count). The summed E-state index contributed by atoms with van der Waals surface area (Å²) in [7, 11) is 0. The van der Waals surface area contributed by atoms with Gasteiger partial charge >= 0.3 is 0 Å². The number of rotatable bonds is 1. The van der Waals surface area contributed by atoms with E-state index in [1.807, 2.05) is 12.1 Å². The minimum atomic E-state index is 0.723. The number of nitrogen functional groups attached to an aromatic ring is 1. The van der Waals surface area contributed by atoms with Gasteiger partial charge in [-0.05, 0) is 53.6 Å². The fourth-order valence-corrected chi connectivity index (χ4v) is 2.91. The Morgan fingerprint density at radius 2 is 2.14 bits per heavy atom. The molecule has 0 unspecified atom stereocenters. The van der Waals surface area contributed by atoms with Gasteiger partial charge in [-0.3, -0.25) is 0 Å². The first kappa shape index (κ1) is 8.59. The van der Waals surface area contributed by atoms with Gasteiger partial charge in [0, 0.05) is 17.1 Å². The van der Waals surface area contributed by atoms with Crippen LogP contribution in [-0.2, 0) is 0 Å². The van der Waals surface area contributed by atoms with Gasteiger partial charge in [-0.25, -0.2) is 0 Å². The molecule has 0 spiro atoms. The Kier molecular flexibility index (Phi) is 1.77. The third kappa shape index (κ3) is 1.15. The predicted molar refractivity (Wildman–Crippen MR) is 67.3 cm³/mol. The molecule has 0 aliphatic heterocycles. The van der Waals surface area contributed by atoms with E-state index in [-0.39, 0.29) is 0 Å². The summed E-state index contributed by atoms with van der Waals surface area (Å²) in [6.45, 7) is 0. The Hall–Kier alpha value is -0.710. The van der Waals surface area contributed by atoms with Crippen molar-refractivity contribution in [2.75, 3.05) is 5.73 Å². The summed E-state index contributed by atoms with van der Waals surface area (Å²) in [5.41, 5.74) is 8.12. The molecule has 1 aliphatic carbocycles. The topological polar surface area (TPSA) is 30.9 Å². The third-order valence-corrected chi connectivity index (χ3v) is 3.61. The van der Waals surface area contributed by atoms with E-state index in [0.29, 0.717) is 0 Å². The summed E-state index contributed by atoms with van der Waals surface area (Å²) in [6.07, 6.45) is 2.63. The third-order valence-electron chi connectivity index (χ3n) is 2.78. The SMILES string of the molecule is Nc1cccc2c1cc(I)n2C1CC1. The number of hydrogen-bond acceptors (Lipinski definition) is 1. The lowest BCUT2D eigenvalue weighted by Gasteiger charge is -2.04. The molecule has 2 nitrogen and oxygen atoms in total. The van der Waals surface area contributed by atoms with Crippen LogP contribution < -0.4 is 5.73 Å². The highest BCUT2D eigenvalue weighted by atomic mass is 127. The monoisotopic (exact) mass is 298 g/mol. The molecule has 0 bridgehead atoms. The zero-order valence-electron chi connectivity index (χ0n) is 7.70. The van der Waals surface area contributed by atoms with E-state index in [2.05, 4.69) is 39.3 Å². The second-order valence-electron chi connectivity index (χ2n) is 3.85. The van der Waals surface area contributed by atoms with Gasteiger partial charge in [-0.1, -0.05) is 6.07 Å². The number of nitrogens with two attached hydrogens (primary N) is 1. The van der Waals surface area contributed by atoms with Crippen molar-refractivity contribution in [2.45, 2.75) is 18.9 Å². The maximum atomic E-state index is 5.94. The summed E-state index contributed by atoms with van der Waals surface area (Å²) < 4.78 is 3.71. The quantitative estimate of drug-likeness (QED) is 0.636. The molecule has 1 aliphatic rings. The first-order valence-electron chi connectivity index (χ1n) is 4.82. The van der Waals surface area contributed by atoms with Crippen molar-refractivity contribution in [1.29, 1.82) is 0 Å². The number of anilines is 1. The minimum absolute atomic E-state index is 0.723. The normalized spacial score (nSPS) is 16.4. The summed E-state index contributed by atoms with van der Waals surface area (Å²) in [6, 6.07) is 9.07. The molecule has 2 N–H and O–H groups in total. The molecule has 1 heterocycles. The summed E-state index contributed by atoms with van der Waals surface area (Å²) >= 11 is 2.39. The minimum Gasteiger partial charge on any atom is -0.398 e. The van der Waals surface area contributed by atoms with Crippen LogP contribution in [0.3, 0.4) is 0 Å². The van der Waals surface area contributed by atoms with Crippen molar-refractivity contribution in [2.24, 2.45) is 0 Å². The zero-order valence-corrected chi connectivity index (χ0v) is 9.86. The van der Waals surface area contributed by atoms with Crippen LogP contribution in [0, 0.1) is 3.70 Å². The van der Waals surface area contributed by atoms with Gasteiger partial charge in [0.1, 0.15) is 0 Å². The molecule has 0 atom stereocenters. The first-order valence-corrected chi connectivity index (χ1v) is 5.90. The first-order chi connectivity index (χ1) is 6.77. The molecule has 1 fully saturated rings. The molecule has 0 radical (unpaired) electrons. The van der Waals surface area contributed by atoms with E-state index >= 15 is 0 Å². The van der Waals surface area contributed by atoms with E-state index < -0.39 is 0 Å². The number of hydrogen-bond donors (Lipinski definition) is 1. The van der Waals surface area contributed by atoms with Crippen LogP contribution in [0.25, 0.3) is 10.9 Å². The maximum Gasteiger partial charge on any atom is 0.0812 e. The smallest absolute Gasteiger partial charge is 0.0812 e. The lowest BCUT2D eigenvalue weighted by Crippen LogP contribution is -1.95. The van der Waals surface area contributed by atoms with Crippen LogP contribution in [0.2, 0.25) is 0 Å². The standard InChI is InChI=1S/C11H11IN2/c12-11-6-8-9(13)2-1-3-10(8)14(11)7-4-5-7/h1-3,6-7H,4-5,13H2. The van der Waals surface area contributed by atoms with Gasteiger partial charge in [0.25, 0.3) is 0 Å². The number of halogens is 1. The molecular weight excluding hydrogens is 287 g/mol.